The fraction of sp³-hybridized carbons (Fsp3) is 1.00. The Kier molecular flexibility index (Phi) is 6.11. The van der Waals surface area contributed by atoms with Crippen molar-refractivity contribution in [2.45, 2.75) is 58.4 Å². The second kappa shape index (κ2) is 7.61. The maximum atomic E-state index is 5.64. The Morgan fingerprint density at radius 3 is 2.63 bits per heavy atom. The summed E-state index contributed by atoms with van der Waals surface area (Å²) in [7, 11) is 0. The van der Waals surface area contributed by atoms with Crippen LogP contribution in [0.15, 0.2) is 0 Å². The SMILES string of the molecule is CCCNC1COCC1CNCC1(CC)CCCC1. The van der Waals surface area contributed by atoms with E-state index in [4.69, 9.17) is 4.74 Å². The molecule has 0 aromatic rings. The van der Waals surface area contributed by atoms with Gasteiger partial charge in [0.2, 0.25) is 0 Å². The topological polar surface area (TPSA) is 33.3 Å². The van der Waals surface area contributed by atoms with Gasteiger partial charge in [-0.25, -0.2) is 0 Å². The minimum atomic E-state index is 0.564. The highest BCUT2D eigenvalue weighted by Crippen LogP contribution is 2.40. The number of hydrogen-bond acceptors (Lipinski definition) is 3. The van der Waals surface area contributed by atoms with Crippen molar-refractivity contribution in [2.75, 3.05) is 32.8 Å². The summed E-state index contributed by atoms with van der Waals surface area (Å²) in [6.45, 7) is 9.84. The lowest BCUT2D eigenvalue weighted by Crippen LogP contribution is -2.42. The van der Waals surface area contributed by atoms with Crippen molar-refractivity contribution < 1.29 is 4.74 Å². The molecule has 0 bridgehead atoms. The molecule has 3 heteroatoms. The van der Waals surface area contributed by atoms with Crippen molar-refractivity contribution in [2.24, 2.45) is 11.3 Å². The van der Waals surface area contributed by atoms with Gasteiger partial charge in [-0.3, -0.25) is 0 Å². The Morgan fingerprint density at radius 1 is 1.16 bits per heavy atom. The minimum Gasteiger partial charge on any atom is -0.379 e. The first kappa shape index (κ1) is 15.3. The molecule has 0 aromatic carbocycles. The molecule has 0 amide bonds. The molecular formula is C16H32N2O. The molecule has 0 radical (unpaired) electrons. The van der Waals surface area contributed by atoms with Crippen LogP contribution >= 0.6 is 0 Å². The number of hydrogen-bond donors (Lipinski definition) is 2. The molecule has 1 saturated heterocycles. The van der Waals surface area contributed by atoms with Gasteiger partial charge >= 0.3 is 0 Å². The van der Waals surface area contributed by atoms with Gasteiger partial charge in [-0.15, -0.1) is 0 Å². The summed E-state index contributed by atoms with van der Waals surface area (Å²) in [5.41, 5.74) is 0.603. The van der Waals surface area contributed by atoms with Gasteiger partial charge in [-0.05, 0) is 37.6 Å². The predicted octanol–water partition coefficient (Wildman–Crippen LogP) is 2.56. The molecule has 112 valence electrons. The van der Waals surface area contributed by atoms with Crippen LogP contribution in [0, 0.1) is 11.3 Å². The molecule has 3 nitrogen and oxygen atoms in total. The van der Waals surface area contributed by atoms with Gasteiger partial charge in [-0.2, -0.15) is 0 Å². The van der Waals surface area contributed by atoms with Crippen molar-refractivity contribution in [3.63, 3.8) is 0 Å². The molecule has 1 aliphatic heterocycles. The maximum absolute atomic E-state index is 5.64. The van der Waals surface area contributed by atoms with Crippen LogP contribution in [0.1, 0.15) is 52.4 Å². The molecule has 2 unspecified atom stereocenters. The van der Waals surface area contributed by atoms with E-state index in [2.05, 4.69) is 24.5 Å². The summed E-state index contributed by atoms with van der Waals surface area (Å²) in [5.74, 6) is 0.654. The Hall–Kier alpha value is -0.120. The molecule has 1 aliphatic carbocycles. The summed E-state index contributed by atoms with van der Waals surface area (Å²) < 4.78 is 5.64. The lowest BCUT2D eigenvalue weighted by molar-refractivity contribution is 0.180. The molecule has 1 heterocycles. The van der Waals surface area contributed by atoms with E-state index in [9.17, 15) is 0 Å². The van der Waals surface area contributed by atoms with E-state index in [0.29, 0.717) is 17.4 Å². The molecule has 2 atom stereocenters. The van der Waals surface area contributed by atoms with E-state index < -0.39 is 0 Å². The average molecular weight is 268 g/mol. The van der Waals surface area contributed by atoms with E-state index in [-0.39, 0.29) is 0 Å². The van der Waals surface area contributed by atoms with Crippen LogP contribution in [0.5, 0.6) is 0 Å². The van der Waals surface area contributed by atoms with E-state index in [1.54, 1.807) is 0 Å². The fourth-order valence-corrected chi connectivity index (χ4v) is 3.66. The van der Waals surface area contributed by atoms with Crippen molar-refractivity contribution >= 4 is 0 Å². The standard InChI is InChI=1S/C16H32N2O/c1-3-9-18-15-12-19-11-14(15)10-17-13-16(4-2)7-5-6-8-16/h14-15,17-18H,3-13H2,1-2H3. The molecule has 19 heavy (non-hydrogen) atoms. The van der Waals surface area contributed by atoms with Gasteiger partial charge in [0.05, 0.1) is 13.2 Å². The van der Waals surface area contributed by atoms with E-state index in [1.165, 1.54) is 45.1 Å². The normalized spacial score (nSPS) is 30.0. The lowest BCUT2D eigenvalue weighted by Gasteiger charge is -2.29. The molecular weight excluding hydrogens is 236 g/mol. The Morgan fingerprint density at radius 2 is 1.95 bits per heavy atom. The Labute approximate surface area is 118 Å². The predicted molar refractivity (Wildman–Crippen MR) is 80.5 cm³/mol. The first-order chi connectivity index (χ1) is 9.29. The lowest BCUT2D eigenvalue weighted by atomic mass is 9.83. The summed E-state index contributed by atoms with van der Waals surface area (Å²) in [6.07, 6.45) is 8.25. The van der Waals surface area contributed by atoms with Crippen molar-refractivity contribution in [1.82, 2.24) is 10.6 Å². The summed E-state index contributed by atoms with van der Waals surface area (Å²) >= 11 is 0. The monoisotopic (exact) mass is 268 g/mol. The van der Waals surface area contributed by atoms with Gasteiger partial charge in [-0.1, -0.05) is 26.7 Å². The van der Waals surface area contributed by atoms with Crippen LogP contribution in [-0.2, 0) is 4.74 Å². The summed E-state index contributed by atoms with van der Waals surface area (Å²) in [4.78, 5) is 0. The number of nitrogens with one attached hydrogen (secondary N) is 2. The molecule has 2 fully saturated rings. The van der Waals surface area contributed by atoms with Gasteiger partial charge in [0.1, 0.15) is 0 Å². The van der Waals surface area contributed by atoms with E-state index in [1.807, 2.05) is 0 Å². The van der Waals surface area contributed by atoms with Crippen LogP contribution < -0.4 is 10.6 Å². The molecule has 2 rings (SSSR count). The largest absolute Gasteiger partial charge is 0.379 e. The van der Waals surface area contributed by atoms with Crippen LogP contribution in [0.4, 0.5) is 0 Å². The van der Waals surface area contributed by atoms with Crippen LogP contribution in [0.3, 0.4) is 0 Å². The zero-order chi connectivity index (χ0) is 13.6. The van der Waals surface area contributed by atoms with Gasteiger partial charge < -0.3 is 15.4 Å². The van der Waals surface area contributed by atoms with Crippen molar-refractivity contribution in [1.29, 1.82) is 0 Å². The van der Waals surface area contributed by atoms with Crippen LogP contribution in [0.25, 0.3) is 0 Å². The minimum absolute atomic E-state index is 0.564. The maximum Gasteiger partial charge on any atom is 0.0623 e. The highest BCUT2D eigenvalue weighted by molar-refractivity contribution is 4.87. The van der Waals surface area contributed by atoms with E-state index in [0.717, 1.165) is 26.3 Å². The van der Waals surface area contributed by atoms with Gasteiger partial charge in [0.25, 0.3) is 0 Å². The van der Waals surface area contributed by atoms with Crippen LogP contribution in [-0.4, -0.2) is 38.9 Å². The van der Waals surface area contributed by atoms with E-state index >= 15 is 0 Å². The molecule has 0 spiro atoms. The fourth-order valence-electron chi connectivity index (χ4n) is 3.66. The molecule has 0 aromatic heterocycles. The highest BCUT2D eigenvalue weighted by Gasteiger charge is 2.32. The molecule has 2 N–H and O–H groups in total. The zero-order valence-corrected chi connectivity index (χ0v) is 12.8. The zero-order valence-electron chi connectivity index (χ0n) is 12.8. The second-order valence-corrected chi connectivity index (χ2v) is 6.55. The van der Waals surface area contributed by atoms with Gasteiger partial charge in [0.15, 0.2) is 0 Å². The summed E-state index contributed by atoms with van der Waals surface area (Å²) in [6, 6.07) is 0.564. The number of rotatable bonds is 8. The number of ether oxygens (including phenoxy) is 1. The second-order valence-electron chi connectivity index (χ2n) is 6.55. The van der Waals surface area contributed by atoms with Crippen LogP contribution in [0.2, 0.25) is 0 Å². The highest BCUT2D eigenvalue weighted by atomic mass is 16.5. The smallest absolute Gasteiger partial charge is 0.0623 e. The summed E-state index contributed by atoms with van der Waals surface area (Å²) in [5, 5.41) is 7.37. The molecule has 2 aliphatic rings. The third-order valence-corrected chi connectivity index (χ3v) is 5.18. The van der Waals surface area contributed by atoms with Crippen molar-refractivity contribution in [3.05, 3.63) is 0 Å². The first-order valence-electron chi connectivity index (χ1n) is 8.31. The Bertz CT molecular complexity index is 251. The van der Waals surface area contributed by atoms with Gasteiger partial charge in [0, 0.05) is 25.0 Å². The Balaban J connectivity index is 1.69. The quantitative estimate of drug-likeness (QED) is 0.710. The third kappa shape index (κ3) is 4.17. The third-order valence-electron chi connectivity index (χ3n) is 5.18. The van der Waals surface area contributed by atoms with Crippen molar-refractivity contribution in [3.8, 4) is 0 Å². The first-order valence-corrected chi connectivity index (χ1v) is 8.31. The average Bonchev–Trinajstić information content (AvgIpc) is 3.06. The molecule has 1 saturated carbocycles.